The minimum Gasteiger partial charge on any atom is -0.481 e. The first-order valence-electron chi connectivity index (χ1n) is 6.19. The Kier molecular flexibility index (Phi) is 5.22. The van der Waals surface area contributed by atoms with E-state index in [1.54, 1.807) is 0 Å². The highest BCUT2D eigenvalue weighted by molar-refractivity contribution is 5.68. The predicted molar refractivity (Wildman–Crippen MR) is 62.6 cm³/mol. The van der Waals surface area contributed by atoms with Crippen LogP contribution in [-0.4, -0.2) is 47.8 Å². The van der Waals surface area contributed by atoms with Gasteiger partial charge in [-0.3, -0.25) is 9.69 Å². The van der Waals surface area contributed by atoms with Crippen LogP contribution in [0.1, 0.15) is 39.5 Å². The summed E-state index contributed by atoms with van der Waals surface area (Å²) in [6.45, 7) is 7.46. The Balaban J connectivity index is 2.83. The van der Waals surface area contributed by atoms with Gasteiger partial charge in [-0.25, -0.2) is 0 Å². The zero-order chi connectivity index (χ0) is 12.0. The largest absolute Gasteiger partial charge is 0.481 e. The Morgan fingerprint density at radius 2 is 2.00 bits per heavy atom. The van der Waals surface area contributed by atoms with Gasteiger partial charge in [0.1, 0.15) is 0 Å². The number of carboxylic acids is 1. The van der Waals surface area contributed by atoms with Gasteiger partial charge in [-0.05, 0) is 32.4 Å². The van der Waals surface area contributed by atoms with E-state index in [1.807, 2.05) is 0 Å². The lowest BCUT2D eigenvalue weighted by Gasteiger charge is -2.41. The van der Waals surface area contributed by atoms with Crippen LogP contribution in [0.15, 0.2) is 0 Å². The van der Waals surface area contributed by atoms with E-state index in [9.17, 15) is 4.79 Å². The van der Waals surface area contributed by atoms with Crippen LogP contribution in [0.2, 0.25) is 0 Å². The number of carbonyl (C=O) groups is 1. The summed E-state index contributed by atoms with van der Waals surface area (Å²) in [5.74, 6) is -0.700. The van der Waals surface area contributed by atoms with Crippen LogP contribution in [0.3, 0.4) is 0 Å². The molecule has 1 saturated heterocycles. The Labute approximate surface area is 97.6 Å². The van der Waals surface area contributed by atoms with Crippen LogP contribution in [0, 0.1) is 0 Å². The molecule has 1 fully saturated rings. The number of ether oxygens (including phenoxy) is 1. The number of carboxylic acid groups (broad SMARTS) is 1. The zero-order valence-corrected chi connectivity index (χ0v) is 10.4. The molecule has 1 heterocycles. The molecule has 94 valence electrons. The quantitative estimate of drug-likeness (QED) is 0.780. The highest BCUT2D eigenvalue weighted by Crippen LogP contribution is 2.31. The molecule has 0 aromatic heterocycles. The molecule has 1 unspecified atom stereocenters. The third kappa shape index (κ3) is 3.19. The summed E-state index contributed by atoms with van der Waals surface area (Å²) in [5.41, 5.74) is -0.189. The molecule has 4 heteroatoms. The van der Waals surface area contributed by atoms with Crippen LogP contribution >= 0.6 is 0 Å². The van der Waals surface area contributed by atoms with Gasteiger partial charge in [0.15, 0.2) is 0 Å². The Morgan fingerprint density at radius 3 is 2.56 bits per heavy atom. The molecule has 1 atom stereocenters. The second kappa shape index (κ2) is 6.21. The summed E-state index contributed by atoms with van der Waals surface area (Å²) in [4.78, 5) is 13.3. The van der Waals surface area contributed by atoms with Crippen LogP contribution < -0.4 is 0 Å². The number of hydrogen-bond acceptors (Lipinski definition) is 3. The third-order valence-corrected chi connectivity index (χ3v) is 3.56. The Morgan fingerprint density at radius 1 is 1.31 bits per heavy atom. The van der Waals surface area contributed by atoms with E-state index in [0.29, 0.717) is 6.61 Å². The molecule has 0 bridgehead atoms. The maximum atomic E-state index is 11.1. The monoisotopic (exact) mass is 229 g/mol. The predicted octanol–water partition coefficient (Wildman–Crippen LogP) is 1.74. The molecule has 0 amide bonds. The lowest BCUT2D eigenvalue weighted by Crippen LogP contribution is -2.50. The van der Waals surface area contributed by atoms with E-state index in [1.165, 1.54) is 0 Å². The molecule has 0 aromatic carbocycles. The summed E-state index contributed by atoms with van der Waals surface area (Å²) in [5, 5.41) is 9.10. The van der Waals surface area contributed by atoms with Gasteiger partial charge >= 0.3 is 5.97 Å². The summed E-state index contributed by atoms with van der Waals surface area (Å²) in [6, 6.07) is 0. The minimum atomic E-state index is -0.700. The van der Waals surface area contributed by atoms with Crippen molar-refractivity contribution in [1.29, 1.82) is 0 Å². The number of rotatable bonds is 5. The molecule has 0 spiro atoms. The van der Waals surface area contributed by atoms with Gasteiger partial charge in [0.25, 0.3) is 0 Å². The fourth-order valence-corrected chi connectivity index (χ4v) is 2.77. The van der Waals surface area contributed by atoms with E-state index in [2.05, 4.69) is 18.7 Å². The third-order valence-electron chi connectivity index (χ3n) is 3.56. The van der Waals surface area contributed by atoms with Crippen molar-refractivity contribution in [3.8, 4) is 0 Å². The van der Waals surface area contributed by atoms with Crippen molar-refractivity contribution in [2.45, 2.75) is 45.1 Å². The van der Waals surface area contributed by atoms with Crippen molar-refractivity contribution in [3.05, 3.63) is 0 Å². The summed E-state index contributed by atoms with van der Waals surface area (Å²) in [6.07, 6.45) is 2.96. The smallest absolute Gasteiger partial charge is 0.305 e. The van der Waals surface area contributed by atoms with E-state index >= 15 is 0 Å². The van der Waals surface area contributed by atoms with Crippen molar-refractivity contribution in [3.63, 3.8) is 0 Å². The van der Waals surface area contributed by atoms with Crippen molar-refractivity contribution >= 4 is 5.97 Å². The standard InChI is InChI=1S/C12H23NO3/c1-3-13(4-2)12(10-11(14)15)6-5-8-16-9-7-12/h3-10H2,1-2H3,(H,14,15). The molecule has 0 saturated carbocycles. The normalized spacial score (nSPS) is 26.7. The Bertz CT molecular complexity index is 218. The number of nitrogens with zero attached hydrogens (tertiary/aromatic N) is 1. The maximum absolute atomic E-state index is 11.1. The summed E-state index contributed by atoms with van der Waals surface area (Å²) >= 11 is 0. The molecular weight excluding hydrogens is 206 g/mol. The van der Waals surface area contributed by atoms with Crippen molar-refractivity contribution in [2.24, 2.45) is 0 Å². The van der Waals surface area contributed by atoms with Crippen molar-refractivity contribution in [2.75, 3.05) is 26.3 Å². The van der Waals surface area contributed by atoms with Crippen LogP contribution in [0.4, 0.5) is 0 Å². The molecule has 1 N–H and O–H groups in total. The number of aliphatic carboxylic acids is 1. The second-order valence-corrected chi connectivity index (χ2v) is 4.43. The zero-order valence-electron chi connectivity index (χ0n) is 10.4. The van der Waals surface area contributed by atoms with Crippen LogP contribution in [0.5, 0.6) is 0 Å². The van der Waals surface area contributed by atoms with Gasteiger partial charge in [0.2, 0.25) is 0 Å². The SMILES string of the molecule is CCN(CC)C1(CC(=O)O)CCCOCC1. The topological polar surface area (TPSA) is 49.8 Å². The van der Waals surface area contributed by atoms with Gasteiger partial charge in [-0.15, -0.1) is 0 Å². The molecule has 0 aromatic rings. The van der Waals surface area contributed by atoms with Crippen molar-refractivity contribution < 1.29 is 14.6 Å². The molecule has 4 nitrogen and oxygen atoms in total. The van der Waals surface area contributed by atoms with E-state index in [-0.39, 0.29) is 12.0 Å². The van der Waals surface area contributed by atoms with Gasteiger partial charge < -0.3 is 9.84 Å². The van der Waals surface area contributed by atoms with Crippen LogP contribution in [-0.2, 0) is 9.53 Å². The molecule has 1 aliphatic heterocycles. The highest BCUT2D eigenvalue weighted by Gasteiger charge is 2.37. The summed E-state index contributed by atoms with van der Waals surface area (Å²) < 4.78 is 5.45. The van der Waals surface area contributed by atoms with E-state index in [0.717, 1.165) is 39.0 Å². The van der Waals surface area contributed by atoms with E-state index < -0.39 is 5.97 Å². The summed E-state index contributed by atoms with van der Waals surface area (Å²) in [7, 11) is 0. The minimum absolute atomic E-state index is 0.189. The number of hydrogen-bond donors (Lipinski definition) is 1. The molecule has 0 aliphatic carbocycles. The lowest BCUT2D eigenvalue weighted by molar-refractivity contribution is -0.140. The molecule has 1 rings (SSSR count). The first-order valence-corrected chi connectivity index (χ1v) is 6.19. The van der Waals surface area contributed by atoms with Crippen molar-refractivity contribution in [1.82, 2.24) is 4.90 Å². The average Bonchev–Trinajstić information content (AvgIpc) is 2.45. The molecule has 16 heavy (non-hydrogen) atoms. The van der Waals surface area contributed by atoms with E-state index in [4.69, 9.17) is 9.84 Å². The maximum Gasteiger partial charge on any atom is 0.305 e. The Hall–Kier alpha value is -0.610. The van der Waals surface area contributed by atoms with Gasteiger partial charge in [-0.2, -0.15) is 0 Å². The highest BCUT2D eigenvalue weighted by atomic mass is 16.5. The molecular formula is C12H23NO3. The fourth-order valence-electron chi connectivity index (χ4n) is 2.77. The fraction of sp³-hybridized carbons (Fsp3) is 0.917. The molecule has 1 aliphatic rings. The van der Waals surface area contributed by atoms with Crippen LogP contribution in [0.25, 0.3) is 0 Å². The first-order chi connectivity index (χ1) is 7.64. The van der Waals surface area contributed by atoms with Gasteiger partial charge in [0.05, 0.1) is 6.42 Å². The molecule has 0 radical (unpaired) electrons. The second-order valence-electron chi connectivity index (χ2n) is 4.43. The van der Waals surface area contributed by atoms with Gasteiger partial charge in [0, 0.05) is 18.8 Å². The average molecular weight is 229 g/mol. The van der Waals surface area contributed by atoms with Gasteiger partial charge in [-0.1, -0.05) is 13.8 Å². The lowest BCUT2D eigenvalue weighted by atomic mass is 9.85. The first kappa shape index (κ1) is 13.5.